The number of carboxylic acid groups (broad SMARTS) is 1. The first-order chi connectivity index (χ1) is 20.4. The monoisotopic (exact) mass is 594 g/mol. The highest BCUT2D eigenvalue weighted by Gasteiger charge is 2.27. The van der Waals surface area contributed by atoms with Crippen LogP contribution >= 0.6 is 11.6 Å². The zero-order valence-corrected chi connectivity index (χ0v) is 24.0. The molecule has 6 rings (SSSR count). The van der Waals surface area contributed by atoms with Gasteiger partial charge < -0.3 is 23.9 Å². The molecular formula is C31H32ClFN4O5. The van der Waals surface area contributed by atoms with E-state index in [1.165, 1.54) is 19.2 Å². The van der Waals surface area contributed by atoms with Crippen LogP contribution in [0.25, 0.3) is 11.0 Å². The predicted octanol–water partition coefficient (Wildman–Crippen LogP) is 5.68. The number of pyridine rings is 1. The molecule has 2 aliphatic rings. The minimum absolute atomic E-state index is 0.0730. The van der Waals surface area contributed by atoms with Crippen molar-refractivity contribution in [2.24, 2.45) is 0 Å². The van der Waals surface area contributed by atoms with Crippen molar-refractivity contribution in [3.8, 4) is 11.6 Å². The summed E-state index contributed by atoms with van der Waals surface area (Å²) >= 11 is 5.85. The SMILES string of the molecule is COc1cc(C(=O)O)cc2c1nc(CN1CCC(c3cccc(OCc4ccc(Cl)cc4F)n3)CC1)n2CC1CCO1. The van der Waals surface area contributed by atoms with Gasteiger partial charge in [-0.15, -0.1) is 0 Å². The molecule has 2 aliphatic heterocycles. The molecule has 220 valence electrons. The van der Waals surface area contributed by atoms with Crippen molar-refractivity contribution in [2.75, 3.05) is 26.8 Å². The van der Waals surface area contributed by atoms with Crippen LogP contribution in [-0.4, -0.2) is 63.4 Å². The number of benzene rings is 2. The lowest BCUT2D eigenvalue weighted by atomic mass is 9.93. The fourth-order valence-electron chi connectivity index (χ4n) is 5.59. The van der Waals surface area contributed by atoms with Gasteiger partial charge in [-0.2, -0.15) is 0 Å². The van der Waals surface area contributed by atoms with Crippen molar-refractivity contribution >= 4 is 28.6 Å². The zero-order valence-electron chi connectivity index (χ0n) is 23.3. The Morgan fingerprint density at radius 2 is 1.95 bits per heavy atom. The molecular weight excluding hydrogens is 563 g/mol. The summed E-state index contributed by atoms with van der Waals surface area (Å²) in [5.74, 6) is 0.642. The molecule has 0 spiro atoms. The van der Waals surface area contributed by atoms with E-state index < -0.39 is 11.8 Å². The normalized spacial score (nSPS) is 17.7. The number of carboxylic acids is 1. The molecule has 9 nitrogen and oxygen atoms in total. The summed E-state index contributed by atoms with van der Waals surface area (Å²) in [6.45, 7) is 3.77. The van der Waals surface area contributed by atoms with Crippen molar-refractivity contribution < 1.29 is 28.5 Å². The predicted molar refractivity (Wildman–Crippen MR) is 155 cm³/mol. The number of nitrogens with zero attached hydrogens (tertiary/aromatic N) is 4. The number of aromatic carboxylic acids is 1. The van der Waals surface area contributed by atoms with Gasteiger partial charge in [-0.1, -0.05) is 23.7 Å². The number of fused-ring (bicyclic) bond motifs is 1. The Morgan fingerprint density at radius 3 is 2.64 bits per heavy atom. The molecule has 11 heteroatoms. The van der Waals surface area contributed by atoms with Crippen LogP contribution in [0.3, 0.4) is 0 Å². The topological polar surface area (TPSA) is 98.9 Å². The van der Waals surface area contributed by atoms with Crippen molar-refractivity contribution in [2.45, 2.75) is 51.0 Å². The van der Waals surface area contributed by atoms with Crippen molar-refractivity contribution in [3.63, 3.8) is 0 Å². The van der Waals surface area contributed by atoms with Crippen molar-refractivity contribution in [1.29, 1.82) is 0 Å². The molecule has 0 radical (unpaired) electrons. The summed E-state index contributed by atoms with van der Waals surface area (Å²) in [6, 6.07) is 13.4. The number of ether oxygens (including phenoxy) is 3. The first kappa shape index (κ1) is 28.4. The number of likely N-dealkylation sites (tertiary alicyclic amines) is 1. The van der Waals surface area contributed by atoms with E-state index in [-0.39, 0.29) is 24.2 Å². The van der Waals surface area contributed by atoms with Crippen LogP contribution in [0.2, 0.25) is 5.02 Å². The highest BCUT2D eigenvalue weighted by molar-refractivity contribution is 6.30. The van der Waals surface area contributed by atoms with Gasteiger partial charge in [0.15, 0.2) is 0 Å². The standard InChI is InChI=1S/C31H32ClFN4O5/c1-40-27-14-21(31(38)39)13-26-30(27)35-28(37(26)16-23-9-12-41-23)17-36-10-7-19(8-11-36)25-3-2-4-29(34-25)42-18-20-5-6-22(32)15-24(20)33/h2-6,13-15,19,23H,7-12,16-18H2,1H3,(H,38,39). The molecule has 42 heavy (non-hydrogen) atoms. The van der Waals surface area contributed by atoms with Crippen LogP contribution < -0.4 is 9.47 Å². The summed E-state index contributed by atoms with van der Waals surface area (Å²) in [7, 11) is 1.53. The number of halogens is 2. The molecule has 2 fully saturated rings. The van der Waals surface area contributed by atoms with Crippen molar-refractivity contribution in [3.05, 3.63) is 82.0 Å². The molecule has 2 aromatic heterocycles. The summed E-state index contributed by atoms with van der Waals surface area (Å²) in [5.41, 5.74) is 2.95. The van der Waals surface area contributed by atoms with Crippen molar-refractivity contribution in [1.82, 2.24) is 19.4 Å². The van der Waals surface area contributed by atoms with Gasteiger partial charge >= 0.3 is 5.97 Å². The lowest BCUT2D eigenvalue weighted by Crippen LogP contribution is -2.35. The Balaban J connectivity index is 1.14. The second-order valence-corrected chi connectivity index (χ2v) is 11.2. The molecule has 1 N–H and O–H groups in total. The van der Waals surface area contributed by atoms with E-state index in [9.17, 15) is 14.3 Å². The maximum Gasteiger partial charge on any atom is 0.335 e. The summed E-state index contributed by atoms with van der Waals surface area (Å²) < 4.78 is 33.3. The molecule has 0 bridgehead atoms. The number of rotatable bonds is 10. The molecule has 4 aromatic rings. The molecule has 1 unspecified atom stereocenters. The second-order valence-electron chi connectivity index (χ2n) is 10.7. The number of piperidine rings is 1. The van der Waals surface area contributed by atoms with E-state index in [1.807, 2.05) is 12.1 Å². The van der Waals surface area contributed by atoms with Crippen LogP contribution in [-0.2, 0) is 24.4 Å². The van der Waals surface area contributed by atoms with Crippen LogP contribution in [0.5, 0.6) is 11.6 Å². The summed E-state index contributed by atoms with van der Waals surface area (Å²) in [4.78, 5) is 23.8. The zero-order chi connectivity index (χ0) is 29.2. The highest BCUT2D eigenvalue weighted by atomic mass is 35.5. The minimum atomic E-state index is -1.01. The number of imidazole rings is 1. The van der Waals surface area contributed by atoms with Crippen LogP contribution in [0.15, 0.2) is 48.5 Å². The molecule has 2 saturated heterocycles. The van der Waals surface area contributed by atoms with Gasteiger partial charge in [-0.25, -0.2) is 19.2 Å². The summed E-state index contributed by atoms with van der Waals surface area (Å²) in [6.07, 6.45) is 2.88. The van der Waals surface area contributed by atoms with Gasteiger partial charge in [0.1, 0.15) is 29.5 Å². The number of aromatic nitrogens is 3. The van der Waals surface area contributed by atoms with E-state index in [0.29, 0.717) is 40.8 Å². The second kappa shape index (κ2) is 12.2. The molecule has 0 saturated carbocycles. The fraction of sp³-hybridized carbons (Fsp3) is 0.387. The third kappa shape index (κ3) is 6.06. The minimum Gasteiger partial charge on any atom is -0.494 e. The van der Waals surface area contributed by atoms with Gasteiger partial charge in [0.05, 0.1) is 37.4 Å². The van der Waals surface area contributed by atoms with E-state index in [2.05, 4.69) is 9.47 Å². The average molecular weight is 595 g/mol. The first-order valence-electron chi connectivity index (χ1n) is 14.1. The van der Waals surface area contributed by atoms with Gasteiger partial charge in [0, 0.05) is 34.9 Å². The molecule has 0 amide bonds. The van der Waals surface area contributed by atoms with E-state index >= 15 is 0 Å². The largest absolute Gasteiger partial charge is 0.494 e. The smallest absolute Gasteiger partial charge is 0.335 e. The Kier molecular flexibility index (Phi) is 8.28. The number of methoxy groups -OCH3 is 1. The lowest BCUT2D eigenvalue weighted by Gasteiger charge is -2.32. The number of carbonyl (C=O) groups is 1. The van der Waals surface area contributed by atoms with Crippen LogP contribution in [0.4, 0.5) is 4.39 Å². The molecule has 1 atom stereocenters. The van der Waals surface area contributed by atoms with Gasteiger partial charge in [0.25, 0.3) is 0 Å². The third-order valence-electron chi connectivity index (χ3n) is 8.05. The molecule has 0 aliphatic carbocycles. The fourth-order valence-corrected chi connectivity index (χ4v) is 5.75. The molecule has 4 heterocycles. The van der Waals surface area contributed by atoms with E-state index in [4.69, 9.17) is 35.8 Å². The van der Waals surface area contributed by atoms with Crippen LogP contribution in [0, 0.1) is 5.82 Å². The Morgan fingerprint density at radius 1 is 1.14 bits per heavy atom. The first-order valence-corrected chi connectivity index (χ1v) is 14.4. The Hall–Kier alpha value is -3.73. The maximum absolute atomic E-state index is 14.1. The van der Waals surface area contributed by atoms with Gasteiger partial charge in [-0.05, 0) is 62.7 Å². The highest BCUT2D eigenvalue weighted by Crippen LogP contribution is 2.32. The number of hydrogen-bond donors (Lipinski definition) is 1. The Bertz CT molecular complexity index is 1600. The third-order valence-corrected chi connectivity index (χ3v) is 8.29. The summed E-state index contributed by atoms with van der Waals surface area (Å²) in [5, 5.41) is 10.00. The van der Waals surface area contributed by atoms with Gasteiger partial charge in [0.2, 0.25) is 5.88 Å². The lowest BCUT2D eigenvalue weighted by molar-refractivity contribution is -0.0592. The van der Waals surface area contributed by atoms with Gasteiger partial charge in [-0.3, -0.25) is 4.90 Å². The molecule has 2 aromatic carbocycles. The quantitative estimate of drug-likeness (QED) is 0.250. The number of hydrogen-bond acceptors (Lipinski definition) is 7. The Labute approximate surface area is 247 Å². The van der Waals surface area contributed by atoms with Crippen LogP contribution in [0.1, 0.15) is 52.6 Å². The van der Waals surface area contributed by atoms with E-state index in [1.54, 1.807) is 24.3 Å². The maximum atomic E-state index is 14.1. The van der Waals surface area contributed by atoms with E-state index in [0.717, 1.165) is 56.0 Å². The average Bonchev–Trinajstić information content (AvgIpc) is 3.31.